The van der Waals surface area contributed by atoms with Crippen molar-refractivity contribution in [3.05, 3.63) is 47.0 Å². The number of nitrogens with two attached hydrogens (primary N) is 1. The summed E-state index contributed by atoms with van der Waals surface area (Å²) in [5.74, 6) is 0. The van der Waals surface area contributed by atoms with Crippen molar-refractivity contribution in [3.8, 4) is 10.6 Å². The molecule has 2 aromatic carbocycles. The van der Waals surface area contributed by atoms with Crippen LogP contribution in [-0.4, -0.2) is 4.98 Å². The predicted molar refractivity (Wildman–Crippen MR) is 79.2 cm³/mol. The van der Waals surface area contributed by atoms with Crippen LogP contribution in [0.5, 0.6) is 0 Å². The lowest BCUT2D eigenvalue weighted by atomic mass is 10.1. The normalized spacial score (nSPS) is 11.0. The van der Waals surface area contributed by atoms with Gasteiger partial charge in [0, 0.05) is 5.56 Å². The molecule has 0 fully saturated rings. The maximum atomic E-state index is 6.12. The van der Waals surface area contributed by atoms with E-state index in [2.05, 4.69) is 11.1 Å². The first-order valence-electron chi connectivity index (χ1n) is 5.57. The van der Waals surface area contributed by atoms with Crippen LogP contribution in [0.2, 0.25) is 5.02 Å². The third-order valence-electron chi connectivity index (χ3n) is 2.88. The molecule has 2 nitrogen and oxygen atoms in total. The van der Waals surface area contributed by atoms with Gasteiger partial charge in [-0.05, 0) is 36.8 Å². The molecule has 18 heavy (non-hydrogen) atoms. The number of fused-ring (bicyclic) bond motifs is 1. The Bertz CT molecular complexity index is 677. The zero-order valence-electron chi connectivity index (χ0n) is 9.77. The molecule has 0 radical (unpaired) electrons. The van der Waals surface area contributed by atoms with Gasteiger partial charge in [-0.15, -0.1) is 11.3 Å². The number of hydrogen-bond donors (Lipinski definition) is 1. The van der Waals surface area contributed by atoms with Gasteiger partial charge in [0.2, 0.25) is 0 Å². The summed E-state index contributed by atoms with van der Waals surface area (Å²) in [6, 6.07) is 12.0. The predicted octanol–water partition coefficient (Wildman–Crippen LogP) is 4.51. The lowest BCUT2D eigenvalue weighted by molar-refractivity contribution is 1.43. The summed E-state index contributed by atoms with van der Waals surface area (Å²) >= 11 is 7.78. The molecule has 0 bridgehead atoms. The highest BCUT2D eigenvalue weighted by atomic mass is 35.5. The molecule has 0 saturated heterocycles. The molecule has 0 aliphatic rings. The van der Waals surface area contributed by atoms with Crippen molar-refractivity contribution in [3.63, 3.8) is 0 Å². The van der Waals surface area contributed by atoms with Crippen molar-refractivity contribution in [1.82, 2.24) is 4.98 Å². The van der Waals surface area contributed by atoms with Gasteiger partial charge in [0.1, 0.15) is 5.01 Å². The second-order valence-electron chi connectivity index (χ2n) is 4.18. The largest absolute Gasteiger partial charge is 0.397 e. The Morgan fingerprint density at radius 2 is 2.00 bits per heavy atom. The minimum Gasteiger partial charge on any atom is -0.397 e. The van der Waals surface area contributed by atoms with Crippen LogP contribution in [0.4, 0.5) is 5.69 Å². The number of thiazole rings is 1. The van der Waals surface area contributed by atoms with Crippen molar-refractivity contribution < 1.29 is 0 Å². The average Bonchev–Trinajstić information content (AvgIpc) is 2.79. The Balaban J connectivity index is 2.20. The Labute approximate surface area is 114 Å². The number of para-hydroxylation sites is 1. The minimum absolute atomic E-state index is 0.587. The average molecular weight is 275 g/mol. The monoisotopic (exact) mass is 274 g/mol. The first kappa shape index (κ1) is 11.5. The molecular formula is C14H11ClN2S. The summed E-state index contributed by atoms with van der Waals surface area (Å²) in [6.07, 6.45) is 0. The summed E-state index contributed by atoms with van der Waals surface area (Å²) in [5.41, 5.74) is 9.52. The summed E-state index contributed by atoms with van der Waals surface area (Å²) in [6.45, 7) is 1.96. The topological polar surface area (TPSA) is 38.9 Å². The number of hydrogen-bond acceptors (Lipinski definition) is 3. The van der Waals surface area contributed by atoms with Crippen LogP contribution in [0.3, 0.4) is 0 Å². The second-order valence-corrected chi connectivity index (χ2v) is 5.61. The van der Waals surface area contributed by atoms with Crippen LogP contribution in [0, 0.1) is 6.92 Å². The Hall–Kier alpha value is -1.58. The van der Waals surface area contributed by atoms with Crippen molar-refractivity contribution in [2.45, 2.75) is 6.92 Å². The van der Waals surface area contributed by atoms with Crippen molar-refractivity contribution in [1.29, 1.82) is 0 Å². The fraction of sp³-hybridized carbons (Fsp3) is 0.0714. The quantitative estimate of drug-likeness (QED) is 0.663. The molecule has 1 heterocycles. The third-order valence-corrected chi connectivity index (χ3v) is 4.28. The standard InChI is InChI=1S/C14H11ClN2S/c1-8-6-9(7-10(15)13(8)16)14-17-11-4-2-3-5-12(11)18-14/h2-7H,16H2,1H3. The summed E-state index contributed by atoms with van der Waals surface area (Å²) in [5, 5.41) is 1.56. The highest BCUT2D eigenvalue weighted by Crippen LogP contribution is 2.34. The number of nitrogens with zero attached hydrogens (tertiary/aromatic N) is 1. The summed E-state index contributed by atoms with van der Waals surface area (Å²) in [4.78, 5) is 4.61. The van der Waals surface area contributed by atoms with Crippen molar-refractivity contribution >= 4 is 38.8 Å². The van der Waals surface area contributed by atoms with E-state index < -0.39 is 0 Å². The molecule has 4 heteroatoms. The lowest BCUT2D eigenvalue weighted by Gasteiger charge is -2.05. The smallest absolute Gasteiger partial charge is 0.124 e. The van der Waals surface area contributed by atoms with Crippen LogP contribution in [0.1, 0.15) is 5.56 Å². The van der Waals surface area contributed by atoms with E-state index >= 15 is 0 Å². The van der Waals surface area contributed by atoms with Crippen LogP contribution in [0.25, 0.3) is 20.8 Å². The molecule has 0 aliphatic carbocycles. The summed E-state index contributed by atoms with van der Waals surface area (Å²) in [7, 11) is 0. The number of aromatic nitrogens is 1. The number of nitrogen functional groups attached to an aromatic ring is 1. The molecule has 0 atom stereocenters. The Kier molecular flexibility index (Phi) is 2.73. The van der Waals surface area contributed by atoms with E-state index in [1.165, 1.54) is 4.70 Å². The molecule has 0 aliphatic heterocycles. The van der Waals surface area contributed by atoms with E-state index in [9.17, 15) is 0 Å². The van der Waals surface area contributed by atoms with Gasteiger partial charge in [0.25, 0.3) is 0 Å². The fourth-order valence-electron chi connectivity index (χ4n) is 1.87. The zero-order valence-corrected chi connectivity index (χ0v) is 11.3. The van der Waals surface area contributed by atoms with Crippen molar-refractivity contribution in [2.24, 2.45) is 0 Å². The minimum atomic E-state index is 0.587. The van der Waals surface area contributed by atoms with E-state index in [0.29, 0.717) is 10.7 Å². The summed E-state index contributed by atoms with van der Waals surface area (Å²) < 4.78 is 1.18. The van der Waals surface area contributed by atoms with Gasteiger partial charge in [-0.1, -0.05) is 23.7 Å². The van der Waals surface area contributed by atoms with Gasteiger partial charge in [-0.25, -0.2) is 4.98 Å². The van der Waals surface area contributed by atoms with E-state index in [4.69, 9.17) is 17.3 Å². The molecule has 0 unspecified atom stereocenters. The number of rotatable bonds is 1. The lowest BCUT2D eigenvalue weighted by Crippen LogP contribution is -1.91. The highest BCUT2D eigenvalue weighted by molar-refractivity contribution is 7.21. The molecule has 0 amide bonds. The highest BCUT2D eigenvalue weighted by Gasteiger charge is 2.09. The maximum absolute atomic E-state index is 6.12. The van der Waals surface area contributed by atoms with E-state index in [1.807, 2.05) is 37.3 Å². The number of aryl methyl sites for hydroxylation is 1. The van der Waals surface area contributed by atoms with Crippen molar-refractivity contribution in [2.75, 3.05) is 5.73 Å². The third kappa shape index (κ3) is 1.85. The molecule has 0 saturated carbocycles. The first-order valence-corrected chi connectivity index (χ1v) is 6.76. The van der Waals surface area contributed by atoms with Crippen LogP contribution in [0.15, 0.2) is 36.4 Å². The second kappa shape index (κ2) is 4.26. The van der Waals surface area contributed by atoms with Crippen LogP contribution < -0.4 is 5.73 Å². The molecule has 3 rings (SSSR count). The van der Waals surface area contributed by atoms with Gasteiger partial charge >= 0.3 is 0 Å². The van der Waals surface area contributed by atoms with Gasteiger partial charge in [0.05, 0.1) is 20.9 Å². The first-order chi connectivity index (χ1) is 8.65. The number of halogens is 1. The van der Waals surface area contributed by atoms with E-state index in [0.717, 1.165) is 21.7 Å². The van der Waals surface area contributed by atoms with Gasteiger partial charge in [-0.2, -0.15) is 0 Å². The molecule has 3 aromatic rings. The van der Waals surface area contributed by atoms with E-state index in [-0.39, 0.29) is 0 Å². The fourth-order valence-corrected chi connectivity index (χ4v) is 3.09. The number of benzene rings is 2. The van der Waals surface area contributed by atoms with Gasteiger partial charge < -0.3 is 5.73 Å². The maximum Gasteiger partial charge on any atom is 0.124 e. The van der Waals surface area contributed by atoms with E-state index in [1.54, 1.807) is 11.3 Å². The Morgan fingerprint density at radius 3 is 2.72 bits per heavy atom. The zero-order chi connectivity index (χ0) is 12.7. The molecule has 0 spiro atoms. The van der Waals surface area contributed by atoms with Crippen LogP contribution >= 0.6 is 22.9 Å². The van der Waals surface area contributed by atoms with Gasteiger partial charge in [-0.3, -0.25) is 0 Å². The SMILES string of the molecule is Cc1cc(-c2nc3ccccc3s2)cc(Cl)c1N. The molecule has 2 N–H and O–H groups in total. The van der Waals surface area contributed by atoms with Crippen LogP contribution in [-0.2, 0) is 0 Å². The Morgan fingerprint density at radius 1 is 1.22 bits per heavy atom. The van der Waals surface area contributed by atoms with Gasteiger partial charge in [0.15, 0.2) is 0 Å². The molecular weight excluding hydrogens is 264 g/mol. The molecule has 1 aromatic heterocycles. The number of anilines is 1. The molecule has 90 valence electrons.